The van der Waals surface area contributed by atoms with Gasteiger partial charge in [-0.1, -0.05) is 93.3 Å². The van der Waals surface area contributed by atoms with Crippen molar-refractivity contribution in [2.24, 2.45) is 5.92 Å². The van der Waals surface area contributed by atoms with Crippen LogP contribution in [0.2, 0.25) is 0 Å². The third kappa shape index (κ3) is 6.40. The zero-order chi connectivity index (χ0) is 16.3. The highest BCUT2D eigenvalue weighted by Crippen LogP contribution is 2.22. The van der Waals surface area contributed by atoms with Crippen LogP contribution in [-0.2, 0) is 6.42 Å². The maximum atomic E-state index is 12.5. The van der Waals surface area contributed by atoms with E-state index in [4.69, 9.17) is 0 Å². The highest BCUT2D eigenvalue weighted by Gasteiger charge is 2.15. The number of hydrogen-bond acceptors (Lipinski definition) is 1. The first kappa shape index (κ1) is 17.5. The van der Waals surface area contributed by atoms with Gasteiger partial charge in [0.2, 0.25) is 0 Å². The van der Waals surface area contributed by atoms with Gasteiger partial charge in [-0.25, -0.2) is 0 Å². The lowest BCUT2D eigenvalue weighted by Crippen LogP contribution is -2.12. The zero-order valence-corrected chi connectivity index (χ0v) is 14.2. The van der Waals surface area contributed by atoms with Crippen LogP contribution >= 0.6 is 0 Å². The molecule has 0 aliphatic carbocycles. The molecule has 0 aromatic heterocycles. The molecule has 2 aromatic rings. The lowest BCUT2D eigenvalue weighted by molar-refractivity contribution is 0.0958. The molecule has 2 aromatic carbocycles. The van der Waals surface area contributed by atoms with Crippen molar-refractivity contribution >= 4 is 5.78 Å². The number of hydrogen-bond donors (Lipinski definition) is 0. The quantitative estimate of drug-likeness (QED) is 0.383. The molecule has 2 rings (SSSR count). The molecule has 0 aliphatic rings. The van der Waals surface area contributed by atoms with Gasteiger partial charge in [0.05, 0.1) is 0 Å². The molecule has 0 unspecified atom stereocenters. The molecule has 0 heterocycles. The van der Waals surface area contributed by atoms with E-state index in [-0.39, 0.29) is 5.78 Å². The van der Waals surface area contributed by atoms with Gasteiger partial charge in [0.1, 0.15) is 0 Å². The van der Waals surface area contributed by atoms with Gasteiger partial charge in [0.25, 0.3) is 0 Å². The van der Waals surface area contributed by atoms with E-state index >= 15 is 0 Å². The Morgan fingerprint density at radius 3 is 2.17 bits per heavy atom. The third-order valence-corrected chi connectivity index (χ3v) is 4.40. The first-order chi connectivity index (χ1) is 11.3. The summed E-state index contributed by atoms with van der Waals surface area (Å²) in [5, 5.41) is 0. The Morgan fingerprint density at radius 2 is 1.52 bits per heavy atom. The summed E-state index contributed by atoms with van der Waals surface area (Å²) >= 11 is 0. The Balaban J connectivity index is 1.96. The maximum absolute atomic E-state index is 12.5. The van der Waals surface area contributed by atoms with Crippen LogP contribution in [-0.4, -0.2) is 5.78 Å². The Bertz CT molecular complexity index is 559. The van der Waals surface area contributed by atoms with Crippen molar-refractivity contribution in [3.05, 3.63) is 71.8 Å². The minimum Gasteiger partial charge on any atom is -0.294 e. The van der Waals surface area contributed by atoms with Crippen molar-refractivity contribution in [1.29, 1.82) is 0 Å². The van der Waals surface area contributed by atoms with Gasteiger partial charge >= 0.3 is 0 Å². The molecule has 1 nitrogen and oxygen atoms in total. The normalized spacial score (nSPS) is 12.0. The van der Waals surface area contributed by atoms with Gasteiger partial charge < -0.3 is 0 Å². The number of ketones is 1. The smallest absolute Gasteiger partial charge is 0.163 e. The fourth-order valence-electron chi connectivity index (χ4n) is 3.09. The summed E-state index contributed by atoms with van der Waals surface area (Å²) < 4.78 is 0. The maximum Gasteiger partial charge on any atom is 0.163 e. The van der Waals surface area contributed by atoms with Crippen LogP contribution in [0, 0.1) is 5.92 Å². The van der Waals surface area contributed by atoms with Gasteiger partial charge in [-0.2, -0.15) is 0 Å². The zero-order valence-electron chi connectivity index (χ0n) is 14.2. The topological polar surface area (TPSA) is 17.1 Å². The molecule has 23 heavy (non-hydrogen) atoms. The van der Waals surface area contributed by atoms with Crippen LogP contribution in [0.3, 0.4) is 0 Å². The molecule has 0 spiro atoms. The van der Waals surface area contributed by atoms with E-state index in [0.717, 1.165) is 18.4 Å². The summed E-state index contributed by atoms with van der Waals surface area (Å²) in [5.41, 5.74) is 2.19. The fraction of sp³-hybridized carbons (Fsp3) is 0.409. The lowest BCUT2D eigenvalue weighted by atomic mass is 9.88. The second-order valence-corrected chi connectivity index (χ2v) is 6.40. The summed E-state index contributed by atoms with van der Waals surface area (Å²) in [4.78, 5) is 12.5. The summed E-state index contributed by atoms with van der Waals surface area (Å²) in [6.07, 6.45) is 7.87. The minimum absolute atomic E-state index is 0.280. The molecule has 0 bridgehead atoms. The minimum atomic E-state index is 0.280. The molecular formula is C22H28O. The summed E-state index contributed by atoms with van der Waals surface area (Å²) in [5.74, 6) is 0.726. The van der Waals surface area contributed by atoms with E-state index in [0.29, 0.717) is 12.3 Å². The molecule has 0 amide bonds. The van der Waals surface area contributed by atoms with Crippen LogP contribution in [0.1, 0.15) is 61.4 Å². The number of rotatable bonds is 10. The van der Waals surface area contributed by atoms with Crippen LogP contribution in [0.15, 0.2) is 60.7 Å². The number of benzene rings is 2. The number of unbranched alkanes of at least 4 members (excludes halogenated alkanes) is 3. The largest absolute Gasteiger partial charge is 0.294 e. The SMILES string of the molecule is CCCCCC[C@@H](CC(=O)c1ccccc1)Cc1ccccc1. The average molecular weight is 308 g/mol. The second kappa shape index (κ2) is 9.99. The molecule has 0 radical (unpaired) electrons. The predicted octanol–water partition coefficient (Wildman–Crippen LogP) is 6.09. The van der Waals surface area contributed by atoms with Crippen molar-refractivity contribution in [2.45, 2.75) is 51.9 Å². The van der Waals surface area contributed by atoms with E-state index in [1.807, 2.05) is 30.3 Å². The Hall–Kier alpha value is -1.89. The van der Waals surface area contributed by atoms with Crippen LogP contribution < -0.4 is 0 Å². The van der Waals surface area contributed by atoms with Gasteiger partial charge in [0, 0.05) is 12.0 Å². The van der Waals surface area contributed by atoms with Crippen LogP contribution in [0.4, 0.5) is 0 Å². The van der Waals surface area contributed by atoms with Crippen molar-refractivity contribution in [1.82, 2.24) is 0 Å². The van der Waals surface area contributed by atoms with Gasteiger partial charge in [-0.15, -0.1) is 0 Å². The second-order valence-electron chi connectivity index (χ2n) is 6.40. The first-order valence-corrected chi connectivity index (χ1v) is 8.91. The van der Waals surface area contributed by atoms with Crippen molar-refractivity contribution in [2.75, 3.05) is 0 Å². The van der Waals surface area contributed by atoms with Crippen molar-refractivity contribution in [3.63, 3.8) is 0 Å². The highest BCUT2D eigenvalue weighted by atomic mass is 16.1. The average Bonchev–Trinajstić information content (AvgIpc) is 2.60. The first-order valence-electron chi connectivity index (χ1n) is 8.91. The summed E-state index contributed by atoms with van der Waals surface area (Å²) in [6.45, 7) is 2.24. The summed E-state index contributed by atoms with van der Waals surface area (Å²) in [6, 6.07) is 20.3. The molecule has 0 N–H and O–H groups in total. The van der Waals surface area contributed by atoms with Gasteiger partial charge in [0.15, 0.2) is 5.78 Å². The van der Waals surface area contributed by atoms with E-state index in [9.17, 15) is 4.79 Å². The molecule has 0 saturated carbocycles. The molecule has 0 aliphatic heterocycles. The Morgan fingerprint density at radius 1 is 0.870 bits per heavy atom. The Labute approximate surface area is 140 Å². The molecule has 122 valence electrons. The van der Waals surface area contributed by atoms with E-state index in [1.54, 1.807) is 0 Å². The van der Waals surface area contributed by atoms with E-state index < -0.39 is 0 Å². The lowest BCUT2D eigenvalue weighted by Gasteiger charge is -2.16. The highest BCUT2D eigenvalue weighted by molar-refractivity contribution is 5.96. The third-order valence-electron chi connectivity index (χ3n) is 4.40. The standard InChI is InChI=1S/C22H28O/c1-2-3-4-7-14-20(17-19-12-8-5-9-13-19)18-22(23)21-15-10-6-11-16-21/h5-6,8-13,15-16,20H,2-4,7,14,17-18H2,1H3/t20-/m1/s1. The summed E-state index contributed by atoms with van der Waals surface area (Å²) in [7, 11) is 0. The van der Waals surface area contributed by atoms with E-state index in [2.05, 4.69) is 37.3 Å². The number of carbonyl (C=O) groups is 1. The van der Waals surface area contributed by atoms with Crippen molar-refractivity contribution in [3.8, 4) is 0 Å². The molecule has 1 atom stereocenters. The van der Waals surface area contributed by atoms with Crippen LogP contribution in [0.5, 0.6) is 0 Å². The molecule has 0 saturated heterocycles. The van der Waals surface area contributed by atoms with Crippen LogP contribution in [0.25, 0.3) is 0 Å². The molecule has 1 heteroatoms. The molecular weight excluding hydrogens is 280 g/mol. The number of Topliss-reactive ketones (excluding diaryl/α,β-unsaturated/α-hetero) is 1. The van der Waals surface area contributed by atoms with E-state index in [1.165, 1.54) is 31.2 Å². The number of carbonyl (C=O) groups excluding carboxylic acids is 1. The van der Waals surface area contributed by atoms with Gasteiger partial charge in [-0.05, 0) is 24.3 Å². The Kier molecular flexibility index (Phi) is 7.59. The molecule has 0 fully saturated rings. The predicted molar refractivity (Wildman–Crippen MR) is 97.8 cm³/mol. The van der Waals surface area contributed by atoms with Gasteiger partial charge in [-0.3, -0.25) is 4.79 Å². The van der Waals surface area contributed by atoms with Crippen molar-refractivity contribution < 1.29 is 4.79 Å². The monoisotopic (exact) mass is 308 g/mol. The fourth-order valence-corrected chi connectivity index (χ4v) is 3.09.